The highest BCUT2D eigenvalue weighted by molar-refractivity contribution is 5.98. The van der Waals surface area contributed by atoms with Gasteiger partial charge < -0.3 is 4.74 Å². The molecule has 28 heavy (non-hydrogen) atoms. The fraction of sp³-hybridized carbons (Fsp3) is 0.105. The molecule has 140 valence electrons. The van der Waals surface area contributed by atoms with Gasteiger partial charge in [0.2, 0.25) is 5.88 Å². The lowest BCUT2D eigenvalue weighted by Gasteiger charge is -2.07. The Bertz CT molecular complexity index is 1120. The summed E-state index contributed by atoms with van der Waals surface area (Å²) in [5.74, 6) is 1.11. The molecule has 0 spiro atoms. The van der Waals surface area contributed by atoms with E-state index in [0.29, 0.717) is 24.1 Å². The van der Waals surface area contributed by atoms with E-state index in [9.17, 15) is 4.79 Å². The predicted octanol–water partition coefficient (Wildman–Crippen LogP) is 2.92. The summed E-state index contributed by atoms with van der Waals surface area (Å²) in [6.07, 6.45) is 4.88. The second kappa shape index (κ2) is 7.70. The summed E-state index contributed by atoms with van der Waals surface area (Å²) in [5, 5.41) is 10.7. The lowest BCUT2D eigenvalue weighted by atomic mass is 10.1. The van der Waals surface area contributed by atoms with Gasteiger partial charge in [-0.2, -0.15) is 5.10 Å². The number of anilines is 2. The van der Waals surface area contributed by atoms with Gasteiger partial charge in [0, 0.05) is 29.9 Å². The van der Waals surface area contributed by atoms with Crippen LogP contribution in [0.25, 0.3) is 10.9 Å². The highest BCUT2D eigenvalue weighted by Gasteiger charge is 2.08. The maximum absolute atomic E-state index is 12.1. The van der Waals surface area contributed by atoms with E-state index in [1.165, 1.54) is 19.5 Å². The third-order valence-corrected chi connectivity index (χ3v) is 4.02. The second-order valence-electron chi connectivity index (χ2n) is 5.92. The van der Waals surface area contributed by atoms with Gasteiger partial charge in [-0.1, -0.05) is 24.3 Å². The van der Waals surface area contributed by atoms with Crippen LogP contribution in [0.5, 0.6) is 5.88 Å². The van der Waals surface area contributed by atoms with Crippen molar-refractivity contribution in [2.45, 2.75) is 6.54 Å². The molecule has 4 aromatic rings. The van der Waals surface area contributed by atoms with E-state index in [1.807, 2.05) is 30.3 Å². The molecule has 0 bridgehead atoms. The minimum Gasteiger partial charge on any atom is -0.481 e. The zero-order valence-corrected chi connectivity index (χ0v) is 15.0. The van der Waals surface area contributed by atoms with Crippen LogP contribution in [0.4, 0.5) is 16.4 Å². The molecule has 0 saturated heterocycles. The molecule has 9 nitrogen and oxygen atoms in total. The standard InChI is InChI=1S/C19H17N7O2/c1-28-17-10-16(21-12-22-17)24-19(27)23-15-7-9-26(25-15)11-14-5-2-4-13-6-3-8-20-18(13)14/h2-10,12H,11H2,1H3,(H2,21,22,23,24,25,27). The van der Waals surface area contributed by atoms with E-state index in [1.54, 1.807) is 23.1 Å². The van der Waals surface area contributed by atoms with E-state index >= 15 is 0 Å². The highest BCUT2D eigenvalue weighted by Crippen LogP contribution is 2.17. The molecule has 4 rings (SSSR count). The molecule has 0 radical (unpaired) electrons. The maximum atomic E-state index is 12.1. The molecule has 3 heterocycles. The molecule has 0 unspecified atom stereocenters. The first-order chi connectivity index (χ1) is 13.7. The molecule has 0 atom stereocenters. The van der Waals surface area contributed by atoms with Gasteiger partial charge in [0.15, 0.2) is 5.82 Å². The SMILES string of the molecule is COc1cc(NC(=O)Nc2ccn(Cc3cccc4cccnc34)n2)ncn1. The number of ether oxygens (including phenoxy) is 1. The first-order valence-electron chi connectivity index (χ1n) is 8.51. The number of hydrogen-bond donors (Lipinski definition) is 2. The second-order valence-corrected chi connectivity index (χ2v) is 5.92. The van der Waals surface area contributed by atoms with Crippen molar-refractivity contribution in [2.75, 3.05) is 17.7 Å². The first-order valence-corrected chi connectivity index (χ1v) is 8.51. The predicted molar refractivity (Wildman–Crippen MR) is 104 cm³/mol. The summed E-state index contributed by atoms with van der Waals surface area (Å²) in [7, 11) is 1.49. The number of benzene rings is 1. The summed E-state index contributed by atoms with van der Waals surface area (Å²) in [6.45, 7) is 0.542. The van der Waals surface area contributed by atoms with Crippen LogP contribution in [-0.2, 0) is 6.54 Å². The van der Waals surface area contributed by atoms with Crippen LogP contribution in [-0.4, -0.2) is 37.9 Å². The number of para-hydroxylation sites is 1. The zero-order valence-electron chi connectivity index (χ0n) is 15.0. The van der Waals surface area contributed by atoms with Crippen LogP contribution in [0.2, 0.25) is 0 Å². The lowest BCUT2D eigenvalue weighted by molar-refractivity contribution is 0.262. The molecule has 2 amide bonds. The van der Waals surface area contributed by atoms with Gasteiger partial charge in [0.1, 0.15) is 12.1 Å². The van der Waals surface area contributed by atoms with Crippen molar-refractivity contribution in [3.63, 3.8) is 0 Å². The van der Waals surface area contributed by atoms with Gasteiger partial charge in [-0.05, 0) is 11.6 Å². The number of nitrogens with zero attached hydrogens (tertiary/aromatic N) is 5. The van der Waals surface area contributed by atoms with Crippen molar-refractivity contribution in [1.82, 2.24) is 24.7 Å². The van der Waals surface area contributed by atoms with Crippen molar-refractivity contribution >= 4 is 28.6 Å². The quantitative estimate of drug-likeness (QED) is 0.555. The Kier molecular flexibility index (Phi) is 4.79. The van der Waals surface area contributed by atoms with Crippen molar-refractivity contribution in [2.24, 2.45) is 0 Å². The van der Waals surface area contributed by atoms with E-state index < -0.39 is 6.03 Å². The average Bonchev–Trinajstić information content (AvgIpc) is 3.15. The number of urea groups is 1. The van der Waals surface area contributed by atoms with Crippen molar-refractivity contribution in [3.05, 3.63) is 66.7 Å². The summed E-state index contributed by atoms with van der Waals surface area (Å²) >= 11 is 0. The summed E-state index contributed by atoms with van der Waals surface area (Å²) in [5.41, 5.74) is 1.98. The average molecular weight is 375 g/mol. The number of rotatable bonds is 5. The molecule has 3 aromatic heterocycles. The fourth-order valence-corrected chi connectivity index (χ4v) is 2.77. The van der Waals surface area contributed by atoms with Crippen LogP contribution in [0.1, 0.15) is 5.56 Å². The number of amides is 2. The van der Waals surface area contributed by atoms with Gasteiger partial charge in [0.05, 0.1) is 19.2 Å². The Morgan fingerprint density at radius 3 is 2.82 bits per heavy atom. The van der Waals surface area contributed by atoms with Gasteiger partial charge in [-0.25, -0.2) is 14.8 Å². The zero-order chi connectivity index (χ0) is 19.3. The van der Waals surface area contributed by atoms with Gasteiger partial charge in [0.25, 0.3) is 0 Å². The molecule has 1 aromatic carbocycles. The number of pyridine rings is 1. The minimum atomic E-state index is -0.460. The Hall–Kier alpha value is -4.01. The summed E-state index contributed by atoms with van der Waals surface area (Å²) in [6, 6.07) is 12.7. The topological polar surface area (TPSA) is 107 Å². The van der Waals surface area contributed by atoms with Crippen LogP contribution < -0.4 is 15.4 Å². The minimum absolute atomic E-state index is 0.325. The van der Waals surface area contributed by atoms with Gasteiger partial charge in [-0.15, -0.1) is 0 Å². The number of aromatic nitrogens is 5. The maximum Gasteiger partial charge on any atom is 0.326 e. The number of fused-ring (bicyclic) bond motifs is 1. The third kappa shape index (κ3) is 3.88. The number of hydrogen-bond acceptors (Lipinski definition) is 6. The van der Waals surface area contributed by atoms with E-state index in [2.05, 4.69) is 30.7 Å². The van der Waals surface area contributed by atoms with Crippen LogP contribution >= 0.6 is 0 Å². The Morgan fingerprint density at radius 1 is 1.07 bits per heavy atom. The monoisotopic (exact) mass is 375 g/mol. The molecule has 2 N–H and O–H groups in total. The molecule has 9 heteroatoms. The van der Waals surface area contributed by atoms with Crippen LogP contribution in [0.15, 0.2) is 61.2 Å². The molecule has 0 fully saturated rings. The first kappa shape index (κ1) is 17.4. The fourth-order valence-electron chi connectivity index (χ4n) is 2.77. The molecule has 0 saturated carbocycles. The molecule has 0 aliphatic rings. The Morgan fingerprint density at radius 2 is 1.93 bits per heavy atom. The largest absolute Gasteiger partial charge is 0.481 e. The highest BCUT2D eigenvalue weighted by atomic mass is 16.5. The summed E-state index contributed by atoms with van der Waals surface area (Å²) in [4.78, 5) is 24.4. The van der Waals surface area contributed by atoms with E-state index in [4.69, 9.17) is 4.74 Å². The number of nitrogens with one attached hydrogen (secondary N) is 2. The smallest absolute Gasteiger partial charge is 0.326 e. The third-order valence-electron chi connectivity index (χ3n) is 4.02. The van der Waals surface area contributed by atoms with E-state index in [0.717, 1.165) is 16.5 Å². The summed E-state index contributed by atoms with van der Waals surface area (Å²) < 4.78 is 6.74. The lowest BCUT2D eigenvalue weighted by Crippen LogP contribution is -2.20. The molecule has 0 aliphatic heterocycles. The van der Waals surface area contributed by atoms with Crippen molar-refractivity contribution in [1.29, 1.82) is 0 Å². The molecule has 0 aliphatic carbocycles. The van der Waals surface area contributed by atoms with Crippen LogP contribution in [0, 0.1) is 0 Å². The van der Waals surface area contributed by atoms with Crippen molar-refractivity contribution in [3.8, 4) is 5.88 Å². The van der Waals surface area contributed by atoms with Gasteiger partial charge >= 0.3 is 6.03 Å². The number of carbonyl (C=O) groups is 1. The molecular formula is C19H17N7O2. The molecular weight excluding hydrogens is 358 g/mol. The Balaban J connectivity index is 1.43. The normalized spacial score (nSPS) is 10.6. The number of methoxy groups -OCH3 is 1. The van der Waals surface area contributed by atoms with E-state index in [-0.39, 0.29) is 0 Å². The van der Waals surface area contributed by atoms with Gasteiger partial charge in [-0.3, -0.25) is 20.3 Å². The number of carbonyl (C=O) groups excluding carboxylic acids is 1. The Labute approximate surface area is 160 Å². The van der Waals surface area contributed by atoms with Crippen LogP contribution in [0.3, 0.4) is 0 Å². The van der Waals surface area contributed by atoms with Crippen molar-refractivity contribution < 1.29 is 9.53 Å².